The average Bonchev–Trinajstić information content (AvgIpc) is 3.06. The van der Waals surface area contributed by atoms with E-state index in [0.29, 0.717) is 18.1 Å². The van der Waals surface area contributed by atoms with E-state index in [-0.39, 0.29) is 12.0 Å². The summed E-state index contributed by atoms with van der Waals surface area (Å²) in [6.07, 6.45) is 10.8. The van der Waals surface area contributed by atoms with Crippen LogP contribution >= 0.6 is 0 Å². The van der Waals surface area contributed by atoms with Crippen LogP contribution in [0.5, 0.6) is 0 Å². The maximum Gasteiger partial charge on any atom is 0.217 e. The van der Waals surface area contributed by atoms with E-state index in [4.69, 9.17) is 4.74 Å². The highest BCUT2D eigenvalue weighted by molar-refractivity contribution is 5.73. The number of ether oxygens (including phenoxy) is 1. The van der Waals surface area contributed by atoms with Gasteiger partial charge in [-0.05, 0) is 45.4 Å². The monoisotopic (exact) mass is 334 g/mol. The number of carbonyl (C=O) groups is 1. The van der Waals surface area contributed by atoms with E-state index in [1.165, 1.54) is 5.56 Å². The minimum Gasteiger partial charge on any atom is -0.372 e. The molecule has 2 fully saturated rings. The zero-order valence-electron chi connectivity index (χ0n) is 14.8. The summed E-state index contributed by atoms with van der Waals surface area (Å²) in [6.45, 7) is 5.42. The van der Waals surface area contributed by atoms with Crippen molar-refractivity contribution in [3.63, 3.8) is 0 Å². The molecule has 2 atom stereocenters. The second-order valence-corrected chi connectivity index (χ2v) is 7.09. The molecule has 0 radical (unpaired) electrons. The third-order valence-electron chi connectivity index (χ3n) is 5.21. The van der Waals surface area contributed by atoms with Gasteiger partial charge in [0.2, 0.25) is 5.91 Å². The van der Waals surface area contributed by atoms with Crippen LogP contribution in [0, 0.1) is 0 Å². The van der Waals surface area contributed by atoms with E-state index in [2.05, 4.69) is 28.9 Å². The van der Waals surface area contributed by atoms with Crippen LogP contribution in [0.15, 0.2) is 12.4 Å². The highest BCUT2D eigenvalue weighted by atomic mass is 16.5. The highest BCUT2D eigenvalue weighted by Gasteiger charge is 2.31. The fraction of sp³-hybridized carbons (Fsp3) is 0.778. The van der Waals surface area contributed by atoms with Crippen LogP contribution in [-0.4, -0.2) is 40.4 Å². The van der Waals surface area contributed by atoms with E-state index in [9.17, 15) is 4.79 Å². The number of rotatable bonds is 5. The topological polar surface area (TPSA) is 68.2 Å². The van der Waals surface area contributed by atoms with Gasteiger partial charge < -0.3 is 15.4 Å². The zero-order valence-corrected chi connectivity index (χ0v) is 14.8. The van der Waals surface area contributed by atoms with Crippen LogP contribution in [0.3, 0.4) is 0 Å². The predicted octanol–water partition coefficient (Wildman–Crippen LogP) is 2.16. The van der Waals surface area contributed by atoms with Gasteiger partial charge in [0.15, 0.2) is 0 Å². The quantitative estimate of drug-likeness (QED) is 0.866. The number of aromatic nitrogens is 2. The maximum absolute atomic E-state index is 11.2. The molecule has 0 spiro atoms. The van der Waals surface area contributed by atoms with Crippen molar-refractivity contribution in [2.45, 2.75) is 83.1 Å². The minimum atomic E-state index is 0.0834. The lowest BCUT2D eigenvalue weighted by molar-refractivity contribution is -0.119. The molecule has 1 aromatic heterocycles. The summed E-state index contributed by atoms with van der Waals surface area (Å²) in [5, 5.41) is 11.3. The minimum absolute atomic E-state index is 0.0834. The van der Waals surface area contributed by atoms with E-state index >= 15 is 0 Å². The van der Waals surface area contributed by atoms with Gasteiger partial charge in [0, 0.05) is 50.0 Å². The number of nitrogens with zero attached hydrogens (tertiary/aromatic N) is 2. The van der Waals surface area contributed by atoms with Crippen molar-refractivity contribution in [2.24, 2.45) is 0 Å². The number of hydrogen-bond donors (Lipinski definition) is 2. The summed E-state index contributed by atoms with van der Waals surface area (Å²) >= 11 is 0. The molecule has 0 unspecified atom stereocenters. The van der Waals surface area contributed by atoms with Crippen molar-refractivity contribution in [3.8, 4) is 0 Å². The van der Waals surface area contributed by atoms with E-state index < -0.39 is 0 Å². The second-order valence-electron chi connectivity index (χ2n) is 7.09. The normalized spacial score (nSPS) is 30.9. The van der Waals surface area contributed by atoms with Crippen molar-refractivity contribution in [2.75, 3.05) is 6.61 Å². The van der Waals surface area contributed by atoms with Gasteiger partial charge in [-0.1, -0.05) is 0 Å². The molecule has 3 rings (SSSR count). The molecule has 0 bridgehead atoms. The Morgan fingerprint density at radius 2 is 2.04 bits per heavy atom. The fourth-order valence-electron chi connectivity index (χ4n) is 3.97. The first-order chi connectivity index (χ1) is 11.7. The summed E-state index contributed by atoms with van der Waals surface area (Å²) < 4.78 is 8.04. The Balaban J connectivity index is 1.55. The summed E-state index contributed by atoms with van der Waals surface area (Å²) in [4.78, 5) is 11.2. The Morgan fingerprint density at radius 1 is 1.29 bits per heavy atom. The largest absolute Gasteiger partial charge is 0.372 e. The van der Waals surface area contributed by atoms with Gasteiger partial charge >= 0.3 is 0 Å². The molecule has 1 aliphatic carbocycles. The fourth-order valence-corrected chi connectivity index (χ4v) is 3.97. The van der Waals surface area contributed by atoms with E-state index in [0.717, 1.165) is 51.7 Å². The summed E-state index contributed by atoms with van der Waals surface area (Å²) in [6, 6.07) is 1.22. The number of amides is 1. The second kappa shape index (κ2) is 8.12. The summed E-state index contributed by atoms with van der Waals surface area (Å²) in [7, 11) is 0. The van der Waals surface area contributed by atoms with Gasteiger partial charge in [0.05, 0.1) is 6.20 Å². The Labute approximate surface area is 144 Å². The van der Waals surface area contributed by atoms with Crippen LogP contribution in [0.25, 0.3) is 0 Å². The first-order valence-corrected chi connectivity index (χ1v) is 9.32. The lowest BCUT2D eigenvalue weighted by atomic mass is 9.89. The number of nitrogens with one attached hydrogen (secondary N) is 2. The van der Waals surface area contributed by atoms with Gasteiger partial charge in [-0.2, -0.15) is 5.10 Å². The molecule has 1 aromatic rings. The van der Waals surface area contributed by atoms with Gasteiger partial charge in [-0.25, -0.2) is 0 Å². The Bertz CT molecular complexity index is 537. The summed E-state index contributed by atoms with van der Waals surface area (Å²) in [5.74, 6) is 0.0834. The Hall–Kier alpha value is -1.40. The molecule has 1 saturated carbocycles. The number of aryl methyl sites for hydroxylation is 1. The molecule has 1 saturated heterocycles. The molecule has 2 N–H and O–H groups in total. The maximum atomic E-state index is 11.2. The van der Waals surface area contributed by atoms with Crippen molar-refractivity contribution >= 4 is 5.91 Å². The zero-order chi connectivity index (χ0) is 16.9. The van der Waals surface area contributed by atoms with Crippen molar-refractivity contribution in [3.05, 3.63) is 18.0 Å². The number of carbonyl (C=O) groups excluding carboxylic acids is 1. The summed E-state index contributed by atoms with van der Waals surface area (Å²) in [5.41, 5.74) is 1.18. The third kappa shape index (κ3) is 4.36. The first-order valence-electron chi connectivity index (χ1n) is 9.32. The van der Waals surface area contributed by atoms with E-state index in [1.807, 2.05) is 10.9 Å². The lowest BCUT2D eigenvalue weighted by Gasteiger charge is -2.37. The molecular weight excluding hydrogens is 304 g/mol. The van der Waals surface area contributed by atoms with Gasteiger partial charge in [0.25, 0.3) is 0 Å². The van der Waals surface area contributed by atoms with Crippen molar-refractivity contribution in [1.29, 1.82) is 0 Å². The van der Waals surface area contributed by atoms with Gasteiger partial charge in [0.1, 0.15) is 6.10 Å². The molecule has 0 aromatic carbocycles. The molecule has 2 heterocycles. The molecule has 6 nitrogen and oxygen atoms in total. The molecule has 24 heavy (non-hydrogen) atoms. The molecule has 134 valence electrons. The van der Waals surface area contributed by atoms with Gasteiger partial charge in [-0.3, -0.25) is 9.48 Å². The molecule has 6 heteroatoms. The van der Waals surface area contributed by atoms with Crippen molar-refractivity contribution in [1.82, 2.24) is 20.4 Å². The molecule has 1 aliphatic heterocycles. The standard InChI is InChI=1S/C18H30N4O2/c1-3-22-12-14(11-19-22)18-17(5-4-10-24-18)21-16-8-6-15(7-9-16)20-13(2)23/h11-12,15-18,21H,3-10H2,1-2H3,(H,20,23)/t15?,16?,17-,18+/m0/s1. The lowest BCUT2D eigenvalue weighted by Crippen LogP contribution is -2.48. The predicted molar refractivity (Wildman–Crippen MR) is 92.6 cm³/mol. The number of hydrogen-bond acceptors (Lipinski definition) is 4. The average molecular weight is 334 g/mol. The van der Waals surface area contributed by atoms with E-state index in [1.54, 1.807) is 6.92 Å². The van der Waals surface area contributed by atoms with Crippen LogP contribution in [0.2, 0.25) is 0 Å². The molecular formula is C18H30N4O2. The van der Waals surface area contributed by atoms with Crippen LogP contribution in [0.1, 0.15) is 64.0 Å². The third-order valence-corrected chi connectivity index (χ3v) is 5.21. The Morgan fingerprint density at radius 3 is 2.71 bits per heavy atom. The van der Waals surface area contributed by atoms with Crippen LogP contribution in [-0.2, 0) is 16.1 Å². The van der Waals surface area contributed by atoms with Gasteiger partial charge in [-0.15, -0.1) is 0 Å². The SMILES string of the molecule is CCn1cc([C@H]2OCCC[C@@H]2NC2CCC(NC(C)=O)CC2)cn1. The first kappa shape index (κ1) is 17.4. The highest BCUT2D eigenvalue weighted by Crippen LogP contribution is 2.30. The molecule has 2 aliphatic rings. The van der Waals surface area contributed by atoms with Crippen molar-refractivity contribution < 1.29 is 9.53 Å². The Kier molecular flexibility index (Phi) is 5.89. The smallest absolute Gasteiger partial charge is 0.217 e. The van der Waals surface area contributed by atoms with Crippen LogP contribution in [0.4, 0.5) is 0 Å². The van der Waals surface area contributed by atoms with Crippen LogP contribution < -0.4 is 10.6 Å². The molecule has 1 amide bonds.